The van der Waals surface area contributed by atoms with Crippen LogP contribution in [0.1, 0.15) is 64.2 Å². The normalized spacial score (nSPS) is 39.2. The zero-order valence-electron chi connectivity index (χ0n) is 9.75. The van der Waals surface area contributed by atoms with Crippen molar-refractivity contribution >= 4 is 0 Å². The monoisotopic (exact) mass is 211 g/mol. The summed E-state index contributed by atoms with van der Waals surface area (Å²) in [4.78, 5) is 0. The molecule has 2 rings (SSSR count). The van der Waals surface area contributed by atoms with Gasteiger partial charge in [-0.05, 0) is 38.0 Å². The van der Waals surface area contributed by atoms with E-state index in [0.29, 0.717) is 6.04 Å². The minimum Gasteiger partial charge on any atom is -0.390 e. The first-order valence-electron chi connectivity index (χ1n) is 6.66. The minimum absolute atomic E-state index is 0.344. The van der Waals surface area contributed by atoms with Crippen molar-refractivity contribution in [2.75, 3.05) is 0 Å². The Morgan fingerprint density at radius 2 is 1.60 bits per heavy atom. The molecule has 0 aromatic rings. The largest absolute Gasteiger partial charge is 0.390 e. The van der Waals surface area contributed by atoms with E-state index < -0.39 is 0 Å². The van der Waals surface area contributed by atoms with Crippen molar-refractivity contribution < 1.29 is 5.11 Å². The molecule has 0 unspecified atom stereocenters. The van der Waals surface area contributed by atoms with E-state index >= 15 is 0 Å². The molecule has 0 aromatic carbocycles. The average molecular weight is 211 g/mol. The molecule has 0 aliphatic heterocycles. The summed E-state index contributed by atoms with van der Waals surface area (Å²) in [5.41, 5.74) is 5.51. The second kappa shape index (κ2) is 4.84. The van der Waals surface area contributed by atoms with Gasteiger partial charge in [-0.25, -0.2) is 0 Å². The van der Waals surface area contributed by atoms with E-state index in [4.69, 9.17) is 5.73 Å². The molecule has 0 radical (unpaired) electrons. The van der Waals surface area contributed by atoms with Gasteiger partial charge in [-0.3, -0.25) is 0 Å². The Morgan fingerprint density at radius 3 is 2.20 bits per heavy atom. The molecule has 2 heteroatoms. The molecule has 0 bridgehead atoms. The van der Waals surface area contributed by atoms with Crippen LogP contribution in [0.25, 0.3) is 0 Å². The quantitative estimate of drug-likeness (QED) is 0.737. The maximum atomic E-state index is 10.5. The Labute approximate surface area is 93.2 Å². The van der Waals surface area contributed by atoms with Crippen LogP contribution < -0.4 is 5.73 Å². The maximum Gasteiger partial charge on any atom is 0.0651 e. The molecule has 2 nitrogen and oxygen atoms in total. The van der Waals surface area contributed by atoms with Crippen molar-refractivity contribution in [3.8, 4) is 0 Å². The zero-order chi connectivity index (χ0) is 10.7. The molecule has 88 valence electrons. The summed E-state index contributed by atoms with van der Waals surface area (Å²) in [7, 11) is 0. The van der Waals surface area contributed by atoms with Gasteiger partial charge in [-0.15, -0.1) is 0 Å². The lowest BCUT2D eigenvalue weighted by Crippen LogP contribution is -2.40. The third-order valence-electron chi connectivity index (χ3n) is 4.35. The second-order valence-corrected chi connectivity index (χ2v) is 5.77. The van der Waals surface area contributed by atoms with Crippen molar-refractivity contribution in [1.82, 2.24) is 0 Å². The molecule has 2 fully saturated rings. The SMILES string of the molecule is NC1CCC(O)(CC2CCCCC2)CC1. The van der Waals surface area contributed by atoms with Crippen LogP contribution >= 0.6 is 0 Å². The Morgan fingerprint density at radius 1 is 1.00 bits per heavy atom. The fourth-order valence-electron chi connectivity index (χ4n) is 3.31. The summed E-state index contributed by atoms with van der Waals surface area (Å²) in [5, 5.41) is 10.5. The lowest BCUT2D eigenvalue weighted by molar-refractivity contribution is -0.0253. The zero-order valence-corrected chi connectivity index (χ0v) is 9.75. The van der Waals surface area contributed by atoms with E-state index in [1.54, 1.807) is 0 Å². The summed E-state index contributed by atoms with van der Waals surface area (Å²) in [6.45, 7) is 0. The van der Waals surface area contributed by atoms with Gasteiger partial charge in [0.2, 0.25) is 0 Å². The summed E-state index contributed by atoms with van der Waals surface area (Å²) in [6, 6.07) is 0.344. The number of nitrogens with two attached hydrogens (primary N) is 1. The lowest BCUT2D eigenvalue weighted by Gasteiger charge is -2.38. The molecule has 0 aromatic heterocycles. The minimum atomic E-state index is -0.363. The predicted octanol–water partition coefficient (Wildman–Crippen LogP) is 2.59. The Kier molecular flexibility index (Phi) is 3.68. The summed E-state index contributed by atoms with van der Waals surface area (Å²) in [5.74, 6) is 0.790. The third-order valence-corrected chi connectivity index (χ3v) is 4.35. The van der Waals surface area contributed by atoms with Gasteiger partial charge in [0.05, 0.1) is 5.60 Å². The van der Waals surface area contributed by atoms with Crippen molar-refractivity contribution in [2.45, 2.75) is 75.9 Å². The van der Waals surface area contributed by atoms with Crippen LogP contribution in [0.3, 0.4) is 0 Å². The highest BCUT2D eigenvalue weighted by Crippen LogP contribution is 2.37. The first kappa shape index (κ1) is 11.4. The molecule has 0 heterocycles. The lowest BCUT2D eigenvalue weighted by atomic mass is 9.74. The van der Waals surface area contributed by atoms with Crippen molar-refractivity contribution in [3.05, 3.63) is 0 Å². The fraction of sp³-hybridized carbons (Fsp3) is 1.00. The molecule has 2 aliphatic rings. The second-order valence-electron chi connectivity index (χ2n) is 5.77. The Hall–Kier alpha value is -0.0800. The van der Waals surface area contributed by atoms with E-state index in [-0.39, 0.29) is 5.60 Å². The van der Waals surface area contributed by atoms with E-state index in [1.165, 1.54) is 32.1 Å². The van der Waals surface area contributed by atoms with Gasteiger partial charge in [0.25, 0.3) is 0 Å². The molecule has 0 atom stereocenters. The van der Waals surface area contributed by atoms with Gasteiger partial charge in [-0.1, -0.05) is 32.1 Å². The average Bonchev–Trinajstić information content (AvgIpc) is 2.24. The van der Waals surface area contributed by atoms with Crippen LogP contribution in [-0.2, 0) is 0 Å². The van der Waals surface area contributed by atoms with Gasteiger partial charge >= 0.3 is 0 Å². The van der Waals surface area contributed by atoms with Crippen LogP contribution in [0.4, 0.5) is 0 Å². The third kappa shape index (κ3) is 3.18. The molecule has 3 N–H and O–H groups in total. The standard InChI is InChI=1S/C13H25NO/c14-12-6-8-13(15,9-7-12)10-11-4-2-1-3-5-11/h11-12,15H,1-10,14H2. The van der Waals surface area contributed by atoms with E-state index in [2.05, 4.69) is 0 Å². The first-order chi connectivity index (χ1) is 7.18. The molecule has 0 saturated heterocycles. The summed E-state index contributed by atoms with van der Waals surface area (Å²) in [6.07, 6.45) is 11.8. The van der Waals surface area contributed by atoms with Crippen molar-refractivity contribution in [1.29, 1.82) is 0 Å². The molecular weight excluding hydrogens is 186 g/mol. The highest BCUT2D eigenvalue weighted by atomic mass is 16.3. The maximum absolute atomic E-state index is 10.5. The van der Waals surface area contributed by atoms with Crippen LogP contribution in [0, 0.1) is 5.92 Å². The van der Waals surface area contributed by atoms with Gasteiger partial charge in [0, 0.05) is 6.04 Å². The molecule has 2 saturated carbocycles. The van der Waals surface area contributed by atoms with Crippen LogP contribution in [0.5, 0.6) is 0 Å². The van der Waals surface area contributed by atoms with Gasteiger partial charge in [0.1, 0.15) is 0 Å². The summed E-state index contributed by atoms with van der Waals surface area (Å²) >= 11 is 0. The van der Waals surface area contributed by atoms with Crippen LogP contribution in [0.2, 0.25) is 0 Å². The number of aliphatic hydroxyl groups is 1. The summed E-state index contributed by atoms with van der Waals surface area (Å²) < 4.78 is 0. The Bertz CT molecular complexity index is 191. The van der Waals surface area contributed by atoms with E-state index in [1.807, 2.05) is 0 Å². The van der Waals surface area contributed by atoms with Crippen LogP contribution in [0.15, 0.2) is 0 Å². The molecule has 2 aliphatic carbocycles. The van der Waals surface area contributed by atoms with Gasteiger partial charge in [0.15, 0.2) is 0 Å². The van der Waals surface area contributed by atoms with Crippen molar-refractivity contribution in [3.63, 3.8) is 0 Å². The number of hydrogen-bond acceptors (Lipinski definition) is 2. The smallest absolute Gasteiger partial charge is 0.0651 e. The topological polar surface area (TPSA) is 46.2 Å². The molecule has 0 amide bonds. The highest BCUT2D eigenvalue weighted by Gasteiger charge is 2.34. The van der Waals surface area contributed by atoms with Crippen LogP contribution in [-0.4, -0.2) is 16.7 Å². The fourth-order valence-corrected chi connectivity index (χ4v) is 3.31. The molecule has 15 heavy (non-hydrogen) atoms. The Balaban J connectivity index is 1.81. The molecule has 0 spiro atoms. The van der Waals surface area contributed by atoms with Gasteiger partial charge < -0.3 is 10.8 Å². The molecular formula is C13H25NO. The van der Waals surface area contributed by atoms with E-state index in [9.17, 15) is 5.11 Å². The number of rotatable bonds is 2. The first-order valence-corrected chi connectivity index (χ1v) is 6.66. The highest BCUT2D eigenvalue weighted by molar-refractivity contribution is 4.89. The van der Waals surface area contributed by atoms with Gasteiger partial charge in [-0.2, -0.15) is 0 Å². The van der Waals surface area contributed by atoms with E-state index in [0.717, 1.165) is 38.0 Å². The predicted molar refractivity (Wildman–Crippen MR) is 62.6 cm³/mol. The number of hydrogen-bond donors (Lipinski definition) is 2. The van der Waals surface area contributed by atoms with Crippen molar-refractivity contribution in [2.24, 2.45) is 11.7 Å².